The topological polar surface area (TPSA) is 52.0 Å². The quantitative estimate of drug-likeness (QED) is 0.814. The highest BCUT2D eigenvalue weighted by Crippen LogP contribution is 2.24. The van der Waals surface area contributed by atoms with Crippen molar-refractivity contribution >= 4 is 0 Å². The van der Waals surface area contributed by atoms with Gasteiger partial charge in [-0.05, 0) is 32.2 Å². The van der Waals surface area contributed by atoms with E-state index in [-0.39, 0.29) is 0 Å². The van der Waals surface area contributed by atoms with Crippen molar-refractivity contribution in [2.45, 2.75) is 44.8 Å². The van der Waals surface area contributed by atoms with Gasteiger partial charge in [0.15, 0.2) is 0 Å². The lowest BCUT2D eigenvalue weighted by molar-refractivity contribution is 0.0937. The van der Waals surface area contributed by atoms with Crippen molar-refractivity contribution in [2.24, 2.45) is 7.05 Å². The Morgan fingerprint density at radius 3 is 3.12 bits per heavy atom. The zero-order chi connectivity index (χ0) is 12.1. The summed E-state index contributed by atoms with van der Waals surface area (Å²) in [5.41, 5.74) is 1.15. The molecule has 1 aliphatic heterocycles. The molecule has 0 amide bonds. The molecule has 2 unspecified atom stereocenters. The minimum Gasteiger partial charge on any atom is -0.378 e. The molecule has 17 heavy (non-hydrogen) atoms. The van der Waals surface area contributed by atoms with Crippen LogP contribution in [0.15, 0.2) is 6.20 Å². The van der Waals surface area contributed by atoms with E-state index in [0.717, 1.165) is 31.7 Å². The summed E-state index contributed by atoms with van der Waals surface area (Å²) in [7, 11) is 1.94. The van der Waals surface area contributed by atoms with E-state index in [9.17, 15) is 0 Å². The minimum absolute atomic E-state index is 0.304. The summed E-state index contributed by atoms with van der Waals surface area (Å²) < 4.78 is 7.56. The molecule has 2 rings (SSSR count). The highest BCUT2D eigenvalue weighted by atomic mass is 16.5. The van der Waals surface area contributed by atoms with Gasteiger partial charge in [0, 0.05) is 13.7 Å². The van der Waals surface area contributed by atoms with Crippen LogP contribution in [0, 0.1) is 0 Å². The first kappa shape index (κ1) is 12.5. The molecule has 0 aromatic carbocycles. The molecule has 0 spiro atoms. The molecule has 1 aromatic heterocycles. The van der Waals surface area contributed by atoms with Crippen LogP contribution >= 0.6 is 0 Å². The van der Waals surface area contributed by atoms with E-state index < -0.39 is 0 Å². The van der Waals surface area contributed by atoms with Gasteiger partial charge in [0.25, 0.3) is 0 Å². The normalized spacial score (nSPS) is 21.9. The number of hydrogen-bond donors (Lipinski definition) is 1. The number of nitrogens with zero attached hydrogens (tertiary/aromatic N) is 3. The summed E-state index contributed by atoms with van der Waals surface area (Å²) in [6.45, 7) is 4.11. The summed E-state index contributed by atoms with van der Waals surface area (Å²) in [5.74, 6) is 0. The molecular formula is C12H22N4O. The molecule has 96 valence electrons. The summed E-state index contributed by atoms with van der Waals surface area (Å²) in [4.78, 5) is 0. The van der Waals surface area contributed by atoms with Gasteiger partial charge >= 0.3 is 0 Å². The molecule has 0 radical (unpaired) electrons. The molecule has 5 nitrogen and oxygen atoms in total. The highest BCUT2D eigenvalue weighted by molar-refractivity contribution is 5.02. The third-order valence-electron chi connectivity index (χ3n) is 3.27. The first-order valence-corrected chi connectivity index (χ1v) is 6.50. The molecule has 1 aromatic rings. The van der Waals surface area contributed by atoms with Crippen LogP contribution in [0.3, 0.4) is 0 Å². The monoisotopic (exact) mass is 238 g/mol. The van der Waals surface area contributed by atoms with E-state index in [1.165, 1.54) is 12.8 Å². The Balaban J connectivity index is 1.99. The fraction of sp³-hybridized carbons (Fsp3) is 0.833. The van der Waals surface area contributed by atoms with Crippen molar-refractivity contribution in [1.29, 1.82) is 0 Å². The van der Waals surface area contributed by atoms with Gasteiger partial charge in [-0.1, -0.05) is 12.1 Å². The van der Waals surface area contributed by atoms with E-state index in [2.05, 4.69) is 22.6 Å². The second kappa shape index (κ2) is 6.12. The number of rotatable bonds is 6. The fourth-order valence-corrected chi connectivity index (χ4v) is 2.33. The highest BCUT2D eigenvalue weighted by Gasteiger charge is 2.23. The molecule has 1 N–H and O–H groups in total. The smallest absolute Gasteiger partial charge is 0.0754 e. The van der Waals surface area contributed by atoms with Crippen molar-refractivity contribution in [2.75, 3.05) is 13.2 Å². The Morgan fingerprint density at radius 1 is 1.65 bits per heavy atom. The molecule has 0 aliphatic carbocycles. The van der Waals surface area contributed by atoms with E-state index >= 15 is 0 Å². The molecule has 5 heteroatoms. The average Bonchev–Trinajstić information content (AvgIpc) is 2.95. The Hall–Kier alpha value is -0.940. The van der Waals surface area contributed by atoms with Crippen molar-refractivity contribution < 1.29 is 4.74 Å². The van der Waals surface area contributed by atoms with Crippen LogP contribution in [-0.2, 0) is 11.8 Å². The standard InChI is InChI=1S/C12H22N4O/c1-3-6-13-11(8-10-5-4-7-17-10)12-9-14-15-16(12)2/h9-11,13H,3-8H2,1-2H3. The van der Waals surface area contributed by atoms with E-state index in [4.69, 9.17) is 4.74 Å². The summed E-state index contributed by atoms with van der Waals surface area (Å²) in [6.07, 6.45) is 6.75. The Kier molecular flexibility index (Phi) is 4.50. The molecule has 2 atom stereocenters. The average molecular weight is 238 g/mol. The van der Waals surface area contributed by atoms with Crippen LogP contribution in [0.1, 0.15) is 44.3 Å². The van der Waals surface area contributed by atoms with Crippen molar-refractivity contribution in [3.8, 4) is 0 Å². The predicted octanol–water partition coefficient (Wildman–Crippen LogP) is 1.42. The fourth-order valence-electron chi connectivity index (χ4n) is 2.33. The lowest BCUT2D eigenvalue weighted by Gasteiger charge is -2.21. The first-order valence-electron chi connectivity index (χ1n) is 6.50. The Labute approximate surface area is 103 Å². The van der Waals surface area contributed by atoms with Crippen LogP contribution in [0.5, 0.6) is 0 Å². The first-order chi connectivity index (χ1) is 8.31. The van der Waals surface area contributed by atoms with Crippen LogP contribution < -0.4 is 5.32 Å². The molecule has 1 fully saturated rings. The summed E-state index contributed by atoms with van der Waals surface area (Å²) in [5, 5.41) is 11.5. The van der Waals surface area contributed by atoms with Gasteiger partial charge in [0.2, 0.25) is 0 Å². The number of aromatic nitrogens is 3. The lowest BCUT2D eigenvalue weighted by Crippen LogP contribution is -2.27. The van der Waals surface area contributed by atoms with Gasteiger partial charge in [-0.3, -0.25) is 4.68 Å². The zero-order valence-electron chi connectivity index (χ0n) is 10.7. The van der Waals surface area contributed by atoms with Crippen LogP contribution in [-0.4, -0.2) is 34.2 Å². The van der Waals surface area contributed by atoms with Gasteiger partial charge < -0.3 is 10.1 Å². The second-order valence-electron chi connectivity index (χ2n) is 4.66. The number of hydrogen-bond acceptors (Lipinski definition) is 4. The van der Waals surface area contributed by atoms with E-state index in [0.29, 0.717) is 12.1 Å². The molecule has 2 heterocycles. The van der Waals surface area contributed by atoms with Gasteiger partial charge in [-0.2, -0.15) is 0 Å². The van der Waals surface area contributed by atoms with Gasteiger partial charge in [0.1, 0.15) is 0 Å². The molecule has 0 saturated carbocycles. The third kappa shape index (κ3) is 3.26. The van der Waals surface area contributed by atoms with E-state index in [1.54, 1.807) is 0 Å². The third-order valence-corrected chi connectivity index (χ3v) is 3.27. The van der Waals surface area contributed by atoms with Crippen molar-refractivity contribution in [3.63, 3.8) is 0 Å². The second-order valence-corrected chi connectivity index (χ2v) is 4.66. The molecule has 1 aliphatic rings. The van der Waals surface area contributed by atoms with Gasteiger partial charge in [0.05, 0.1) is 24.0 Å². The van der Waals surface area contributed by atoms with Gasteiger partial charge in [-0.15, -0.1) is 5.10 Å². The van der Waals surface area contributed by atoms with E-state index in [1.807, 2.05) is 17.9 Å². The minimum atomic E-state index is 0.304. The SMILES string of the molecule is CCCNC(CC1CCCO1)c1cnnn1C. The Morgan fingerprint density at radius 2 is 2.53 bits per heavy atom. The van der Waals surface area contributed by atoms with Gasteiger partial charge in [-0.25, -0.2) is 0 Å². The molecular weight excluding hydrogens is 216 g/mol. The van der Waals surface area contributed by atoms with Crippen molar-refractivity contribution in [1.82, 2.24) is 20.3 Å². The van der Waals surface area contributed by atoms with Crippen molar-refractivity contribution in [3.05, 3.63) is 11.9 Å². The Bertz CT molecular complexity index is 333. The maximum atomic E-state index is 5.71. The number of nitrogens with one attached hydrogen (secondary N) is 1. The van der Waals surface area contributed by atoms with Crippen LogP contribution in [0.25, 0.3) is 0 Å². The summed E-state index contributed by atoms with van der Waals surface area (Å²) >= 11 is 0. The maximum absolute atomic E-state index is 5.71. The van der Waals surface area contributed by atoms with Crippen LogP contribution in [0.2, 0.25) is 0 Å². The summed E-state index contributed by atoms with van der Waals surface area (Å²) in [6, 6.07) is 0.304. The predicted molar refractivity (Wildman–Crippen MR) is 65.6 cm³/mol. The lowest BCUT2D eigenvalue weighted by atomic mass is 10.0. The number of ether oxygens (including phenoxy) is 1. The largest absolute Gasteiger partial charge is 0.378 e. The maximum Gasteiger partial charge on any atom is 0.0754 e. The van der Waals surface area contributed by atoms with Crippen LogP contribution in [0.4, 0.5) is 0 Å². The molecule has 1 saturated heterocycles. The number of aryl methyl sites for hydroxylation is 1. The molecule has 0 bridgehead atoms. The zero-order valence-corrected chi connectivity index (χ0v) is 10.7.